The Balaban J connectivity index is 1.47. The van der Waals surface area contributed by atoms with Crippen LogP contribution < -0.4 is 5.32 Å². The van der Waals surface area contributed by atoms with Crippen LogP contribution in [0.2, 0.25) is 0 Å². The number of thiazole rings is 1. The van der Waals surface area contributed by atoms with Gasteiger partial charge < -0.3 is 4.42 Å². The molecule has 2 aromatic carbocycles. The number of furan rings is 1. The van der Waals surface area contributed by atoms with Crippen LogP contribution in [-0.4, -0.2) is 15.8 Å². The number of nitro groups is 1. The number of rotatable bonds is 7. The minimum Gasteiger partial charge on any atom is -0.456 e. The molecule has 2 heterocycles. The number of hydrogen-bond donors (Lipinski definition) is 1. The second kappa shape index (κ2) is 10.2. The maximum absolute atomic E-state index is 12.6. The van der Waals surface area contributed by atoms with Gasteiger partial charge in [-0.1, -0.05) is 40.2 Å². The van der Waals surface area contributed by atoms with Crippen molar-refractivity contribution in [1.29, 1.82) is 5.26 Å². The Morgan fingerprint density at radius 2 is 1.97 bits per heavy atom. The second-order valence-corrected chi connectivity index (χ2v) is 9.07. The quantitative estimate of drug-likeness (QED) is 0.130. The molecule has 0 fully saturated rings. The Morgan fingerprint density at radius 3 is 2.71 bits per heavy atom. The van der Waals surface area contributed by atoms with E-state index in [9.17, 15) is 20.2 Å². The number of aromatic nitrogens is 1. The number of nitro benzene ring substituents is 1. The fraction of sp³-hybridized carbons (Fsp3) is 0.0417. The Kier molecular flexibility index (Phi) is 6.96. The number of nitriles is 1. The van der Waals surface area contributed by atoms with Crippen LogP contribution in [0.5, 0.6) is 0 Å². The molecule has 0 saturated carbocycles. The molecule has 4 aromatic rings. The summed E-state index contributed by atoms with van der Waals surface area (Å²) in [6, 6.07) is 19.0. The number of nitrogens with zero attached hydrogens (tertiary/aromatic N) is 3. The van der Waals surface area contributed by atoms with Gasteiger partial charge in [0.1, 0.15) is 23.2 Å². The monoisotopic (exact) mass is 534 g/mol. The van der Waals surface area contributed by atoms with Gasteiger partial charge in [0.05, 0.1) is 10.5 Å². The first-order valence-electron chi connectivity index (χ1n) is 9.89. The van der Waals surface area contributed by atoms with E-state index in [0.717, 1.165) is 14.9 Å². The van der Waals surface area contributed by atoms with E-state index in [-0.39, 0.29) is 22.8 Å². The number of carbonyl (C=O) groups excluding carboxylic acids is 1. The minimum atomic E-state index is -0.629. The van der Waals surface area contributed by atoms with Crippen LogP contribution in [0, 0.1) is 21.4 Å². The lowest BCUT2D eigenvalue weighted by atomic mass is 10.1. The maximum atomic E-state index is 12.6. The minimum absolute atomic E-state index is 0.103. The lowest BCUT2D eigenvalue weighted by Gasteiger charge is -2.00. The molecule has 0 aliphatic heterocycles. The third kappa shape index (κ3) is 5.46. The summed E-state index contributed by atoms with van der Waals surface area (Å²) in [6.45, 7) is 0. The van der Waals surface area contributed by atoms with Crippen molar-refractivity contribution in [3.8, 4) is 17.4 Å². The summed E-state index contributed by atoms with van der Waals surface area (Å²) < 4.78 is 6.64. The Bertz CT molecular complexity index is 1430. The number of nitrogens with one attached hydrogen (secondary N) is 1. The van der Waals surface area contributed by atoms with Crippen molar-refractivity contribution in [2.24, 2.45) is 0 Å². The molecule has 168 valence electrons. The van der Waals surface area contributed by atoms with Crippen molar-refractivity contribution < 1.29 is 14.1 Å². The van der Waals surface area contributed by atoms with Gasteiger partial charge in [0, 0.05) is 34.1 Å². The van der Waals surface area contributed by atoms with Crippen molar-refractivity contribution in [2.75, 3.05) is 5.32 Å². The summed E-state index contributed by atoms with van der Waals surface area (Å²) in [5.41, 5.74) is 1.12. The summed E-state index contributed by atoms with van der Waals surface area (Å²) in [5, 5.41) is 23.7. The summed E-state index contributed by atoms with van der Waals surface area (Å²) in [6.07, 6.45) is 3.64. The molecule has 0 spiro atoms. The molecule has 4 rings (SSSR count). The highest BCUT2D eigenvalue weighted by Gasteiger charge is 2.18. The number of carbonyl (C=O) groups is 1. The number of hydrogen-bond acceptors (Lipinski definition) is 7. The predicted octanol–water partition coefficient (Wildman–Crippen LogP) is 6.21. The SMILES string of the molecule is N#CC(=Cc1ccc(-c2ccccc2[N+](=O)[O-])o1)C(=O)Nc1ncc(Cc2ccc(Br)cc2)s1. The van der Waals surface area contributed by atoms with Gasteiger partial charge in [-0.3, -0.25) is 20.2 Å². The van der Waals surface area contributed by atoms with Crippen molar-refractivity contribution in [1.82, 2.24) is 4.98 Å². The summed E-state index contributed by atoms with van der Waals surface area (Å²) in [7, 11) is 0. The third-order valence-corrected chi connectivity index (χ3v) is 6.15. The molecule has 10 heteroatoms. The Morgan fingerprint density at radius 1 is 1.21 bits per heavy atom. The van der Waals surface area contributed by atoms with Crippen LogP contribution in [0.3, 0.4) is 0 Å². The molecule has 0 radical (unpaired) electrons. The first kappa shape index (κ1) is 23.1. The molecule has 0 aliphatic rings. The first-order chi connectivity index (χ1) is 16.4. The molecule has 0 unspecified atom stereocenters. The van der Waals surface area contributed by atoms with Gasteiger partial charge >= 0.3 is 0 Å². The topological polar surface area (TPSA) is 122 Å². The van der Waals surface area contributed by atoms with Gasteiger partial charge in [0.25, 0.3) is 11.6 Å². The van der Waals surface area contributed by atoms with E-state index >= 15 is 0 Å². The smallest absolute Gasteiger partial charge is 0.280 e. The molecule has 0 aliphatic carbocycles. The van der Waals surface area contributed by atoms with Crippen LogP contribution in [0.15, 0.2) is 81.3 Å². The van der Waals surface area contributed by atoms with E-state index in [1.807, 2.05) is 30.3 Å². The van der Waals surface area contributed by atoms with Crippen LogP contribution in [0.25, 0.3) is 17.4 Å². The van der Waals surface area contributed by atoms with Crippen LogP contribution in [-0.2, 0) is 11.2 Å². The molecule has 0 saturated heterocycles. The van der Waals surface area contributed by atoms with Crippen molar-refractivity contribution in [3.63, 3.8) is 0 Å². The fourth-order valence-electron chi connectivity index (χ4n) is 3.12. The molecule has 8 nitrogen and oxygen atoms in total. The maximum Gasteiger partial charge on any atom is 0.280 e. The van der Waals surface area contributed by atoms with E-state index in [2.05, 4.69) is 26.2 Å². The second-order valence-electron chi connectivity index (χ2n) is 7.04. The lowest BCUT2D eigenvalue weighted by Crippen LogP contribution is -2.13. The zero-order valence-electron chi connectivity index (χ0n) is 17.4. The van der Waals surface area contributed by atoms with Crippen molar-refractivity contribution in [3.05, 3.63) is 103 Å². The lowest BCUT2D eigenvalue weighted by molar-refractivity contribution is -0.384. The average molecular weight is 535 g/mol. The van der Waals surface area contributed by atoms with E-state index in [1.165, 1.54) is 29.5 Å². The van der Waals surface area contributed by atoms with Gasteiger partial charge in [0.2, 0.25) is 0 Å². The first-order valence-corrected chi connectivity index (χ1v) is 11.5. The number of anilines is 1. The van der Waals surface area contributed by atoms with Gasteiger partial charge in [-0.25, -0.2) is 4.98 Å². The normalized spacial score (nSPS) is 11.1. The van der Waals surface area contributed by atoms with E-state index < -0.39 is 10.8 Å². The Labute approximate surface area is 206 Å². The van der Waals surface area contributed by atoms with Crippen molar-refractivity contribution in [2.45, 2.75) is 6.42 Å². The molecule has 1 amide bonds. The third-order valence-electron chi connectivity index (χ3n) is 4.71. The van der Waals surface area contributed by atoms with E-state index in [4.69, 9.17) is 4.42 Å². The number of para-hydroxylation sites is 1. The van der Waals surface area contributed by atoms with Gasteiger partial charge in [-0.15, -0.1) is 11.3 Å². The van der Waals surface area contributed by atoms with E-state index in [1.54, 1.807) is 30.5 Å². The molecular weight excluding hydrogens is 520 g/mol. The molecule has 1 N–H and O–H groups in total. The molecule has 34 heavy (non-hydrogen) atoms. The summed E-state index contributed by atoms with van der Waals surface area (Å²) in [5.74, 6) is -0.153. The highest BCUT2D eigenvalue weighted by molar-refractivity contribution is 9.10. The number of halogens is 1. The molecule has 0 bridgehead atoms. The van der Waals surface area contributed by atoms with Gasteiger partial charge in [0.15, 0.2) is 5.13 Å². The highest BCUT2D eigenvalue weighted by atomic mass is 79.9. The largest absolute Gasteiger partial charge is 0.456 e. The van der Waals surface area contributed by atoms with Gasteiger partial charge in [-0.05, 0) is 35.9 Å². The predicted molar refractivity (Wildman–Crippen MR) is 132 cm³/mol. The number of amides is 1. The standard InChI is InChI=1S/C24H15BrN4O4S/c25-17-7-5-15(6-8-17)11-19-14-27-24(34-19)28-23(30)16(13-26)12-18-9-10-22(33-18)20-3-1-2-4-21(20)29(31)32/h1-10,12,14H,11H2,(H,27,28,30). The molecule has 0 atom stereocenters. The molecular formula is C24H15BrN4O4S. The number of benzene rings is 2. The Hall–Kier alpha value is -4.07. The van der Waals surface area contributed by atoms with Crippen molar-refractivity contribution >= 4 is 50.1 Å². The van der Waals surface area contributed by atoms with Crippen LogP contribution in [0.4, 0.5) is 10.8 Å². The van der Waals surface area contributed by atoms with Gasteiger partial charge in [-0.2, -0.15) is 5.26 Å². The van der Waals surface area contributed by atoms with Crippen LogP contribution in [0.1, 0.15) is 16.2 Å². The average Bonchev–Trinajstić information content (AvgIpc) is 3.48. The summed E-state index contributed by atoms with van der Waals surface area (Å²) >= 11 is 4.73. The zero-order chi connectivity index (χ0) is 24.1. The highest BCUT2D eigenvalue weighted by Crippen LogP contribution is 2.31. The summed E-state index contributed by atoms with van der Waals surface area (Å²) in [4.78, 5) is 28.5. The van der Waals surface area contributed by atoms with E-state index in [0.29, 0.717) is 17.1 Å². The fourth-order valence-corrected chi connectivity index (χ4v) is 4.23. The van der Waals surface area contributed by atoms with Crippen LogP contribution >= 0.6 is 27.3 Å². The molecule has 2 aromatic heterocycles. The zero-order valence-corrected chi connectivity index (χ0v) is 19.8.